The van der Waals surface area contributed by atoms with E-state index in [1.165, 1.54) is 17.2 Å². The number of piperazine rings is 1. The SMILES string of the molecule is CC(=O)Nc1cnc(N2CCN(C(C)c3ccc4scnc4c3)CC2)nc1. The van der Waals surface area contributed by atoms with Crippen LogP contribution in [0.2, 0.25) is 0 Å². The number of carbonyl (C=O) groups is 1. The first-order valence-corrected chi connectivity index (χ1v) is 9.90. The van der Waals surface area contributed by atoms with E-state index in [0.29, 0.717) is 17.7 Å². The second-order valence-corrected chi connectivity index (χ2v) is 7.62. The number of hydrogen-bond acceptors (Lipinski definition) is 7. The third kappa shape index (κ3) is 3.91. The molecule has 1 aromatic carbocycles. The molecule has 1 fully saturated rings. The number of thiazole rings is 1. The molecule has 8 heteroatoms. The maximum atomic E-state index is 11.1. The quantitative estimate of drug-likeness (QED) is 0.748. The van der Waals surface area contributed by atoms with E-state index in [2.05, 4.69) is 55.2 Å². The first-order valence-electron chi connectivity index (χ1n) is 9.02. The standard InChI is InChI=1S/C19H22N6OS/c1-13(15-3-4-18-17(9-15)22-12-27-18)24-5-7-25(8-6-24)19-20-10-16(11-21-19)23-14(2)26/h3-4,9-13H,5-8H2,1-2H3,(H,23,26). The number of fused-ring (bicyclic) bond motifs is 1. The number of anilines is 2. The van der Waals surface area contributed by atoms with Crippen LogP contribution in [0.15, 0.2) is 36.1 Å². The molecule has 4 rings (SSSR count). The highest BCUT2D eigenvalue weighted by Crippen LogP contribution is 2.27. The second kappa shape index (κ2) is 7.58. The minimum absolute atomic E-state index is 0.121. The van der Waals surface area contributed by atoms with Crippen molar-refractivity contribution in [3.63, 3.8) is 0 Å². The second-order valence-electron chi connectivity index (χ2n) is 6.73. The summed E-state index contributed by atoms with van der Waals surface area (Å²) in [5.41, 5.74) is 4.90. The Morgan fingerprint density at radius 2 is 1.89 bits per heavy atom. The zero-order valence-electron chi connectivity index (χ0n) is 15.4. The molecule has 1 aliphatic rings. The highest BCUT2D eigenvalue weighted by molar-refractivity contribution is 7.16. The Hall–Kier alpha value is -2.58. The fourth-order valence-electron chi connectivity index (χ4n) is 3.41. The van der Waals surface area contributed by atoms with Crippen LogP contribution in [0.3, 0.4) is 0 Å². The smallest absolute Gasteiger partial charge is 0.225 e. The number of rotatable bonds is 4. The van der Waals surface area contributed by atoms with Gasteiger partial charge in [0.05, 0.1) is 33.8 Å². The van der Waals surface area contributed by atoms with Crippen molar-refractivity contribution in [2.45, 2.75) is 19.9 Å². The first-order chi connectivity index (χ1) is 13.1. The number of carbonyl (C=O) groups excluding carboxylic acids is 1. The monoisotopic (exact) mass is 382 g/mol. The summed E-state index contributed by atoms with van der Waals surface area (Å²) in [5, 5.41) is 2.69. The topological polar surface area (TPSA) is 74.2 Å². The summed E-state index contributed by atoms with van der Waals surface area (Å²) in [5.74, 6) is 0.588. The Morgan fingerprint density at radius 3 is 2.59 bits per heavy atom. The van der Waals surface area contributed by atoms with Crippen molar-refractivity contribution in [1.82, 2.24) is 19.9 Å². The van der Waals surface area contributed by atoms with Gasteiger partial charge in [0.15, 0.2) is 0 Å². The molecule has 0 saturated carbocycles. The predicted molar refractivity (Wildman–Crippen MR) is 108 cm³/mol. The number of nitrogens with zero attached hydrogens (tertiary/aromatic N) is 5. The van der Waals surface area contributed by atoms with Crippen molar-refractivity contribution in [2.24, 2.45) is 0 Å². The molecule has 1 N–H and O–H groups in total. The third-order valence-corrected chi connectivity index (χ3v) is 5.75. The molecule has 0 radical (unpaired) electrons. The van der Waals surface area contributed by atoms with Gasteiger partial charge < -0.3 is 10.2 Å². The molecular weight excluding hydrogens is 360 g/mol. The van der Waals surface area contributed by atoms with Crippen LogP contribution >= 0.6 is 11.3 Å². The van der Waals surface area contributed by atoms with Crippen LogP contribution in [-0.4, -0.2) is 51.9 Å². The van der Waals surface area contributed by atoms with Gasteiger partial charge in [0.25, 0.3) is 0 Å². The van der Waals surface area contributed by atoms with E-state index in [9.17, 15) is 4.79 Å². The largest absolute Gasteiger partial charge is 0.338 e. The Bertz CT molecular complexity index is 933. The van der Waals surface area contributed by atoms with Gasteiger partial charge in [0.2, 0.25) is 11.9 Å². The van der Waals surface area contributed by atoms with Crippen molar-refractivity contribution in [1.29, 1.82) is 0 Å². The molecule has 2 aromatic heterocycles. The molecule has 0 spiro atoms. The van der Waals surface area contributed by atoms with Crippen LogP contribution in [0.4, 0.5) is 11.6 Å². The van der Waals surface area contributed by atoms with E-state index >= 15 is 0 Å². The lowest BCUT2D eigenvalue weighted by Crippen LogP contribution is -2.47. The van der Waals surface area contributed by atoms with Gasteiger partial charge in [-0.1, -0.05) is 6.07 Å². The maximum absolute atomic E-state index is 11.1. The van der Waals surface area contributed by atoms with Gasteiger partial charge >= 0.3 is 0 Å². The normalized spacial score (nSPS) is 16.4. The highest BCUT2D eigenvalue weighted by atomic mass is 32.1. The third-order valence-electron chi connectivity index (χ3n) is 4.94. The van der Waals surface area contributed by atoms with Crippen molar-refractivity contribution in [3.05, 3.63) is 41.7 Å². The number of hydrogen-bond donors (Lipinski definition) is 1. The van der Waals surface area contributed by atoms with E-state index in [1.54, 1.807) is 23.7 Å². The Balaban J connectivity index is 1.38. The van der Waals surface area contributed by atoms with Crippen LogP contribution < -0.4 is 10.2 Å². The van der Waals surface area contributed by atoms with Gasteiger partial charge in [-0.2, -0.15) is 0 Å². The first kappa shape index (κ1) is 17.8. The minimum atomic E-state index is -0.121. The summed E-state index contributed by atoms with van der Waals surface area (Å²) >= 11 is 1.68. The van der Waals surface area contributed by atoms with Crippen LogP contribution in [0.1, 0.15) is 25.5 Å². The van der Waals surface area contributed by atoms with Gasteiger partial charge in [0, 0.05) is 39.1 Å². The molecule has 1 unspecified atom stereocenters. The van der Waals surface area contributed by atoms with Crippen LogP contribution in [-0.2, 0) is 4.79 Å². The zero-order chi connectivity index (χ0) is 18.8. The van der Waals surface area contributed by atoms with E-state index < -0.39 is 0 Å². The van der Waals surface area contributed by atoms with Crippen LogP contribution in [0, 0.1) is 0 Å². The lowest BCUT2D eigenvalue weighted by molar-refractivity contribution is -0.114. The van der Waals surface area contributed by atoms with Gasteiger partial charge in [-0.05, 0) is 24.6 Å². The van der Waals surface area contributed by atoms with Gasteiger partial charge in [0.1, 0.15) is 0 Å². The summed E-state index contributed by atoms with van der Waals surface area (Å²) < 4.78 is 1.23. The predicted octanol–water partition coefficient (Wildman–Crippen LogP) is 2.93. The molecule has 3 heterocycles. The summed E-state index contributed by atoms with van der Waals surface area (Å²) in [4.78, 5) is 29.0. The summed E-state index contributed by atoms with van der Waals surface area (Å²) in [6.45, 7) is 7.38. The molecule has 7 nitrogen and oxygen atoms in total. The molecule has 140 valence electrons. The van der Waals surface area contributed by atoms with E-state index in [4.69, 9.17) is 0 Å². The molecule has 1 atom stereocenters. The summed E-state index contributed by atoms with van der Waals surface area (Å²) in [6.07, 6.45) is 3.31. The van der Waals surface area contributed by atoms with E-state index in [1.807, 2.05) is 5.51 Å². The van der Waals surface area contributed by atoms with Gasteiger partial charge in [-0.3, -0.25) is 9.69 Å². The average molecular weight is 382 g/mol. The number of aromatic nitrogens is 3. The lowest BCUT2D eigenvalue weighted by Gasteiger charge is -2.38. The van der Waals surface area contributed by atoms with Crippen molar-refractivity contribution in [2.75, 3.05) is 36.4 Å². The molecule has 27 heavy (non-hydrogen) atoms. The molecule has 0 bridgehead atoms. The van der Waals surface area contributed by atoms with Crippen molar-refractivity contribution < 1.29 is 4.79 Å². The van der Waals surface area contributed by atoms with Crippen molar-refractivity contribution >= 4 is 39.1 Å². The molecule has 1 saturated heterocycles. The molecule has 3 aromatic rings. The Labute approximate surface area is 162 Å². The van der Waals surface area contributed by atoms with Gasteiger partial charge in [-0.25, -0.2) is 15.0 Å². The zero-order valence-corrected chi connectivity index (χ0v) is 16.2. The summed E-state index contributed by atoms with van der Waals surface area (Å²) in [6, 6.07) is 6.93. The highest BCUT2D eigenvalue weighted by Gasteiger charge is 2.23. The molecule has 1 aliphatic heterocycles. The van der Waals surface area contributed by atoms with E-state index in [-0.39, 0.29) is 5.91 Å². The number of nitrogens with one attached hydrogen (secondary N) is 1. The van der Waals surface area contributed by atoms with Crippen LogP contribution in [0.5, 0.6) is 0 Å². The Kier molecular flexibility index (Phi) is 5.00. The maximum Gasteiger partial charge on any atom is 0.225 e. The number of benzene rings is 1. The summed E-state index contributed by atoms with van der Waals surface area (Å²) in [7, 11) is 0. The fraction of sp³-hybridized carbons (Fsp3) is 0.368. The molecule has 0 aliphatic carbocycles. The lowest BCUT2D eigenvalue weighted by atomic mass is 10.1. The fourth-order valence-corrected chi connectivity index (χ4v) is 4.07. The van der Waals surface area contributed by atoms with Gasteiger partial charge in [-0.15, -0.1) is 11.3 Å². The van der Waals surface area contributed by atoms with Crippen molar-refractivity contribution in [3.8, 4) is 0 Å². The molecular formula is C19H22N6OS. The average Bonchev–Trinajstić information content (AvgIpc) is 3.15. The molecule has 1 amide bonds. The Morgan fingerprint density at radius 1 is 1.15 bits per heavy atom. The number of amides is 1. The van der Waals surface area contributed by atoms with E-state index in [0.717, 1.165) is 31.7 Å². The minimum Gasteiger partial charge on any atom is -0.338 e. The van der Waals surface area contributed by atoms with Crippen LogP contribution in [0.25, 0.3) is 10.2 Å².